The second kappa shape index (κ2) is 8.92. The molecule has 0 atom stereocenters. The van der Waals surface area contributed by atoms with E-state index in [1.165, 1.54) is 11.3 Å². The van der Waals surface area contributed by atoms with Gasteiger partial charge in [-0.2, -0.15) is 5.10 Å². The van der Waals surface area contributed by atoms with Gasteiger partial charge < -0.3 is 10.1 Å². The number of ether oxygens (including phenoxy) is 1. The van der Waals surface area contributed by atoms with Crippen molar-refractivity contribution in [2.45, 2.75) is 26.9 Å². The summed E-state index contributed by atoms with van der Waals surface area (Å²) in [4.78, 5) is 17.0. The highest BCUT2D eigenvalue weighted by molar-refractivity contribution is 7.07. The van der Waals surface area contributed by atoms with Gasteiger partial charge in [-0.1, -0.05) is 30.3 Å². The highest BCUT2D eigenvalue weighted by atomic mass is 32.1. The van der Waals surface area contributed by atoms with Gasteiger partial charge in [0, 0.05) is 16.6 Å². The maximum absolute atomic E-state index is 12.8. The molecule has 2 aromatic heterocycles. The van der Waals surface area contributed by atoms with Crippen molar-refractivity contribution < 1.29 is 9.53 Å². The second-order valence-electron chi connectivity index (χ2n) is 6.89. The Morgan fingerprint density at radius 1 is 1.10 bits per heavy atom. The number of aromatic nitrogens is 3. The van der Waals surface area contributed by atoms with Crippen molar-refractivity contribution >= 4 is 22.9 Å². The molecular formula is C23H22N4O2S. The third-order valence-electron chi connectivity index (χ3n) is 4.80. The average molecular weight is 419 g/mol. The number of hydrogen-bond acceptors (Lipinski definition) is 5. The zero-order chi connectivity index (χ0) is 20.9. The van der Waals surface area contributed by atoms with Crippen LogP contribution >= 0.6 is 11.3 Å². The van der Waals surface area contributed by atoms with Crippen LogP contribution in [-0.4, -0.2) is 20.7 Å². The number of nitrogens with one attached hydrogen (secondary N) is 1. The number of thiazole rings is 1. The Morgan fingerprint density at radius 3 is 2.63 bits per heavy atom. The molecule has 4 rings (SSSR count). The molecular weight excluding hydrogens is 396 g/mol. The van der Waals surface area contributed by atoms with Crippen LogP contribution in [0.5, 0.6) is 5.75 Å². The molecule has 1 N–H and O–H groups in total. The van der Waals surface area contributed by atoms with Crippen molar-refractivity contribution in [3.8, 4) is 11.4 Å². The highest BCUT2D eigenvalue weighted by Gasteiger charge is 2.17. The van der Waals surface area contributed by atoms with Crippen LogP contribution in [0.2, 0.25) is 0 Å². The molecule has 0 radical (unpaired) electrons. The molecule has 0 saturated heterocycles. The van der Waals surface area contributed by atoms with E-state index in [0.29, 0.717) is 18.0 Å². The Kier molecular flexibility index (Phi) is 5.90. The zero-order valence-corrected chi connectivity index (χ0v) is 17.6. The number of para-hydroxylation sites is 3. The van der Waals surface area contributed by atoms with Crippen molar-refractivity contribution in [3.05, 3.63) is 88.1 Å². The maximum atomic E-state index is 12.8. The van der Waals surface area contributed by atoms with E-state index in [1.54, 1.807) is 5.51 Å². The minimum absolute atomic E-state index is 0.112. The van der Waals surface area contributed by atoms with E-state index in [2.05, 4.69) is 15.4 Å². The van der Waals surface area contributed by atoms with Crippen LogP contribution in [0.3, 0.4) is 0 Å². The molecule has 4 aromatic rings. The number of nitrogens with zero attached hydrogens (tertiary/aromatic N) is 3. The van der Waals surface area contributed by atoms with Crippen LogP contribution in [0.15, 0.2) is 65.5 Å². The molecule has 0 bridgehead atoms. The lowest BCUT2D eigenvalue weighted by Crippen LogP contribution is -2.16. The summed E-state index contributed by atoms with van der Waals surface area (Å²) < 4.78 is 7.73. The van der Waals surface area contributed by atoms with Crippen molar-refractivity contribution in [1.82, 2.24) is 14.8 Å². The number of hydrogen-bond donors (Lipinski definition) is 1. The minimum Gasteiger partial charge on any atom is -0.485 e. The maximum Gasteiger partial charge on any atom is 0.229 e. The average Bonchev–Trinajstić information content (AvgIpc) is 3.37. The minimum atomic E-state index is -0.112. The first-order chi connectivity index (χ1) is 14.6. The van der Waals surface area contributed by atoms with Crippen molar-refractivity contribution in [2.24, 2.45) is 0 Å². The molecule has 0 spiro atoms. The monoisotopic (exact) mass is 418 g/mol. The van der Waals surface area contributed by atoms with Crippen LogP contribution in [0, 0.1) is 13.8 Å². The lowest BCUT2D eigenvalue weighted by atomic mass is 10.1. The van der Waals surface area contributed by atoms with Crippen molar-refractivity contribution in [3.63, 3.8) is 0 Å². The number of anilines is 1. The molecule has 2 heterocycles. The third-order valence-corrected chi connectivity index (χ3v) is 5.43. The first kappa shape index (κ1) is 19.8. The van der Waals surface area contributed by atoms with Crippen LogP contribution in [0.1, 0.15) is 22.6 Å². The molecule has 152 valence electrons. The van der Waals surface area contributed by atoms with Gasteiger partial charge in [0.25, 0.3) is 0 Å². The molecule has 0 unspecified atom stereocenters. The van der Waals surface area contributed by atoms with Crippen molar-refractivity contribution in [1.29, 1.82) is 0 Å². The Morgan fingerprint density at radius 2 is 1.87 bits per heavy atom. The Hall–Kier alpha value is -3.45. The number of carbonyl (C=O) groups is 1. The quantitative estimate of drug-likeness (QED) is 0.472. The highest BCUT2D eigenvalue weighted by Crippen LogP contribution is 2.26. The summed E-state index contributed by atoms with van der Waals surface area (Å²) in [7, 11) is 0. The number of carbonyl (C=O) groups excluding carboxylic acids is 1. The van der Waals surface area contributed by atoms with E-state index in [-0.39, 0.29) is 12.3 Å². The van der Waals surface area contributed by atoms with E-state index in [9.17, 15) is 4.79 Å². The van der Waals surface area contributed by atoms with E-state index in [1.807, 2.05) is 78.5 Å². The van der Waals surface area contributed by atoms with Gasteiger partial charge in [0.05, 0.1) is 34.7 Å². The first-order valence-electron chi connectivity index (χ1n) is 9.61. The molecule has 30 heavy (non-hydrogen) atoms. The Balaban J connectivity index is 1.48. The summed E-state index contributed by atoms with van der Waals surface area (Å²) in [6.07, 6.45) is 0.241. The SMILES string of the molecule is Cc1nn(-c2ccccc2)c(C)c1CC(=O)Nc1ccccc1OCc1cscn1. The van der Waals surface area contributed by atoms with Gasteiger partial charge in [-0.25, -0.2) is 9.67 Å². The third kappa shape index (κ3) is 4.41. The van der Waals surface area contributed by atoms with Gasteiger partial charge in [-0.05, 0) is 38.1 Å². The van der Waals surface area contributed by atoms with Gasteiger partial charge in [0.15, 0.2) is 0 Å². The van der Waals surface area contributed by atoms with Crippen LogP contribution in [0.4, 0.5) is 5.69 Å². The fraction of sp³-hybridized carbons (Fsp3) is 0.174. The summed E-state index contributed by atoms with van der Waals surface area (Å²) in [5.74, 6) is 0.505. The molecule has 7 heteroatoms. The number of rotatable bonds is 7. The van der Waals surface area contributed by atoms with Gasteiger partial charge in [-0.15, -0.1) is 11.3 Å². The molecule has 2 aromatic carbocycles. The molecule has 6 nitrogen and oxygen atoms in total. The Bertz CT molecular complexity index is 1140. The normalized spacial score (nSPS) is 10.7. The summed E-state index contributed by atoms with van der Waals surface area (Å²) in [6, 6.07) is 17.3. The van der Waals surface area contributed by atoms with Gasteiger partial charge in [0.2, 0.25) is 5.91 Å². The summed E-state index contributed by atoms with van der Waals surface area (Å²) in [5, 5.41) is 9.54. The van der Waals surface area contributed by atoms with Crippen LogP contribution in [-0.2, 0) is 17.8 Å². The van der Waals surface area contributed by atoms with Gasteiger partial charge in [-0.3, -0.25) is 4.79 Å². The van der Waals surface area contributed by atoms with E-state index < -0.39 is 0 Å². The molecule has 1 amide bonds. The molecule has 0 fully saturated rings. The summed E-state index contributed by atoms with van der Waals surface area (Å²) in [6.45, 7) is 4.28. The smallest absolute Gasteiger partial charge is 0.229 e. The van der Waals surface area contributed by atoms with E-state index in [4.69, 9.17) is 4.74 Å². The van der Waals surface area contributed by atoms with Crippen LogP contribution < -0.4 is 10.1 Å². The topological polar surface area (TPSA) is 69.0 Å². The van der Waals surface area contributed by atoms with Crippen molar-refractivity contribution in [2.75, 3.05) is 5.32 Å². The molecule has 0 saturated carbocycles. The lowest BCUT2D eigenvalue weighted by molar-refractivity contribution is -0.115. The summed E-state index contributed by atoms with van der Waals surface area (Å²) >= 11 is 1.53. The van der Waals surface area contributed by atoms with E-state index >= 15 is 0 Å². The zero-order valence-electron chi connectivity index (χ0n) is 16.8. The first-order valence-corrected chi connectivity index (χ1v) is 10.6. The molecule has 0 aliphatic heterocycles. The van der Waals surface area contributed by atoms with Gasteiger partial charge in [0.1, 0.15) is 12.4 Å². The van der Waals surface area contributed by atoms with E-state index in [0.717, 1.165) is 28.3 Å². The van der Waals surface area contributed by atoms with Gasteiger partial charge >= 0.3 is 0 Å². The predicted molar refractivity (Wildman–Crippen MR) is 118 cm³/mol. The second-order valence-corrected chi connectivity index (χ2v) is 7.60. The largest absolute Gasteiger partial charge is 0.485 e. The van der Waals surface area contributed by atoms with Crippen LogP contribution in [0.25, 0.3) is 5.69 Å². The summed E-state index contributed by atoms with van der Waals surface area (Å²) in [5.41, 5.74) is 6.99. The number of amides is 1. The standard InChI is InChI=1S/C23H22N4O2S/c1-16-20(17(2)27(26-16)19-8-4-3-5-9-19)12-23(28)25-21-10-6-7-11-22(21)29-13-18-14-30-15-24-18/h3-11,14-15H,12-13H2,1-2H3,(H,25,28). The fourth-order valence-electron chi connectivity index (χ4n) is 3.26. The fourth-order valence-corrected chi connectivity index (χ4v) is 3.81. The lowest BCUT2D eigenvalue weighted by Gasteiger charge is -2.12. The molecule has 0 aliphatic carbocycles. The molecule has 0 aliphatic rings. The predicted octanol–water partition coefficient (Wildman–Crippen LogP) is 4.71. The number of aryl methyl sites for hydroxylation is 1. The Labute approximate surface area is 179 Å². The number of benzene rings is 2.